The van der Waals surface area contributed by atoms with Crippen LogP contribution in [0.5, 0.6) is 0 Å². The maximum Gasteiger partial charge on any atom is 0.141 e. The van der Waals surface area contributed by atoms with Gasteiger partial charge in [-0.1, -0.05) is 27.7 Å². The third-order valence-corrected chi connectivity index (χ3v) is 3.14. The maximum atomic E-state index is 5.45. The highest BCUT2D eigenvalue weighted by molar-refractivity contribution is 9.10. The average molecular weight is 282 g/mol. The fourth-order valence-electron chi connectivity index (χ4n) is 1.00. The summed E-state index contributed by atoms with van der Waals surface area (Å²) >= 11 is 4.94. The van der Waals surface area contributed by atoms with Gasteiger partial charge in [-0.3, -0.25) is 0 Å². The van der Waals surface area contributed by atoms with E-state index in [2.05, 4.69) is 25.9 Å². The Balaban J connectivity index is 2.15. The van der Waals surface area contributed by atoms with Crippen molar-refractivity contribution in [3.63, 3.8) is 0 Å². The van der Waals surface area contributed by atoms with Crippen molar-refractivity contribution in [2.24, 2.45) is 0 Å². The van der Waals surface area contributed by atoms with Gasteiger partial charge < -0.3 is 5.73 Å². The molecule has 0 spiro atoms. The molecule has 1 aromatic carbocycles. The molecule has 0 saturated carbocycles. The van der Waals surface area contributed by atoms with Crippen LogP contribution in [-0.4, -0.2) is 9.97 Å². The van der Waals surface area contributed by atoms with Crippen LogP contribution in [0.1, 0.15) is 0 Å². The molecule has 0 aliphatic rings. The Hall–Kier alpha value is -1.07. The molecule has 76 valence electrons. The summed E-state index contributed by atoms with van der Waals surface area (Å²) in [5.41, 5.74) is 5.45. The number of aromatic nitrogens is 2. The van der Waals surface area contributed by atoms with E-state index in [1.54, 1.807) is 24.2 Å². The number of benzene rings is 1. The molecule has 0 amide bonds. The monoisotopic (exact) mass is 281 g/mol. The minimum atomic E-state index is 0.440. The molecule has 2 aromatic rings. The zero-order chi connectivity index (χ0) is 10.7. The van der Waals surface area contributed by atoms with Gasteiger partial charge in [-0.2, -0.15) is 0 Å². The van der Waals surface area contributed by atoms with Gasteiger partial charge in [-0.05, 0) is 24.3 Å². The van der Waals surface area contributed by atoms with E-state index in [0.717, 1.165) is 14.4 Å². The van der Waals surface area contributed by atoms with Crippen LogP contribution < -0.4 is 5.73 Å². The van der Waals surface area contributed by atoms with E-state index in [1.165, 1.54) is 0 Å². The summed E-state index contributed by atoms with van der Waals surface area (Å²) in [6.45, 7) is 0. The third-order valence-electron chi connectivity index (χ3n) is 1.68. The summed E-state index contributed by atoms with van der Waals surface area (Å²) < 4.78 is 1.07. The predicted molar refractivity (Wildman–Crippen MR) is 64.7 cm³/mol. The Kier molecular flexibility index (Phi) is 3.23. The molecule has 0 bridgehead atoms. The van der Waals surface area contributed by atoms with Crippen molar-refractivity contribution in [2.75, 3.05) is 5.73 Å². The number of anilines is 1. The normalized spacial score (nSPS) is 10.2. The first-order valence-electron chi connectivity index (χ1n) is 4.25. The first kappa shape index (κ1) is 10.4. The summed E-state index contributed by atoms with van der Waals surface area (Å²) in [6.07, 6.45) is 3.23. The van der Waals surface area contributed by atoms with Crippen LogP contribution >= 0.6 is 27.7 Å². The fraction of sp³-hybridized carbons (Fsp3) is 0. The number of nitrogens with zero attached hydrogens (tertiary/aromatic N) is 2. The number of nitrogens with two attached hydrogens (primary N) is 1. The van der Waals surface area contributed by atoms with Crippen molar-refractivity contribution < 1.29 is 0 Å². The van der Waals surface area contributed by atoms with Crippen LogP contribution in [0.2, 0.25) is 0 Å². The highest BCUT2D eigenvalue weighted by Gasteiger charge is 1.98. The standard InChI is InChI=1S/C10H8BrN3S/c11-7-1-3-8(4-2-7)15-10-6-13-9(12)5-14-10/h1-6H,(H2,12,13). The zero-order valence-corrected chi connectivity index (χ0v) is 10.1. The van der Waals surface area contributed by atoms with Crippen LogP contribution in [0.15, 0.2) is 51.1 Å². The van der Waals surface area contributed by atoms with E-state index in [4.69, 9.17) is 5.73 Å². The molecule has 15 heavy (non-hydrogen) atoms. The number of halogens is 1. The van der Waals surface area contributed by atoms with E-state index in [-0.39, 0.29) is 0 Å². The Labute approximate surface area is 100 Å². The van der Waals surface area contributed by atoms with Crippen molar-refractivity contribution in [2.45, 2.75) is 9.92 Å². The quantitative estimate of drug-likeness (QED) is 0.920. The Morgan fingerprint density at radius 3 is 2.40 bits per heavy atom. The van der Waals surface area contributed by atoms with Gasteiger partial charge in [0, 0.05) is 9.37 Å². The molecular formula is C10H8BrN3S. The summed E-state index contributed by atoms with van der Waals surface area (Å²) in [5, 5.41) is 0.839. The second-order valence-corrected chi connectivity index (χ2v) is 4.84. The molecule has 0 radical (unpaired) electrons. The third kappa shape index (κ3) is 2.94. The summed E-state index contributed by atoms with van der Waals surface area (Å²) in [5.74, 6) is 0.440. The van der Waals surface area contributed by atoms with E-state index in [9.17, 15) is 0 Å². The van der Waals surface area contributed by atoms with E-state index < -0.39 is 0 Å². The van der Waals surface area contributed by atoms with E-state index >= 15 is 0 Å². The molecule has 1 aromatic heterocycles. The maximum absolute atomic E-state index is 5.45. The first-order valence-corrected chi connectivity index (χ1v) is 5.86. The van der Waals surface area contributed by atoms with Gasteiger partial charge in [0.25, 0.3) is 0 Å². The fourth-order valence-corrected chi connectivity index (χ4v) is 1.99. The van der Waals surface area contributed by atoms with Gasteiger partial charge in [-0.25, -0.2) is 9.97 Å². The summed E-state index contributed by atoms with van der Waals surface area (Å²) in [7, 11) is 0. The Morgan fingerprint density at radius 2 is 1.80 bits per heavy atom. The van der Waals surface area contributed by atoms with Crippen LogP contribution in [0.4, 0.5) is 5.82 Å². The highest BCUT2D eigenvalue weighted by atomic mass is 79.9. The lowest BCUT2D eigenvalue weighted by molar-refractivity contribution is 1.06. The highest BCUT2D eigenvalue weighted by Crippen LogP contribution is 2.26. The summed E-state index contributed by atoms with van der Waals surface area (Å²) in [4.78, 5) is 9.26. The summed E-state index contributed by atoms with van der Waals surface area (Å²) in [6, 6.07) is 8.03. The zero-order valence-electron chi connectivity index (χ0n) is 7.72. The van der Waals surface area contributed by atoms with Crippen molar-refractivity contribution >= 4 is 33.5 Å². The van der Waals surface area contributed by atoms with Gasteiger partial charge in [0.15, 0.2) is 0 Å². The molecule has 1 heterocycles. The van der Waals surface area contributed by atoms with Crippen LogP contribution in [-0.2, 0) is 0 Å². The minimum absolute atomic E-state index is 0.440. The van der Waals surface area contributed by atoms with Crippen molar-refractivity contribution in [3.8, 4) is 0 Å². The molecule has 0 unspecified atom stereocenters. The molecule has 5 heteroatoms. The van der Waals surface area contributed by atoms with Gasteiger partial charge in [0.05, 0.1) is 12.4 Å². The second kappa shape index (κ2) is 4.63. The SMILES string of the molecule is Nc1cnc(Sc2ccc(Br)cc2)cn1. The number of rotatable bonds is 2. The molecule has 0 saturated heterocycles. The molecule has 0 atom stereocenters. The second-order valence-electron chi connectivity index (χ2n) is 2.84. The molecule has 2 N–H and O–H groups in total. The van der Waals surface area contributed by atoms with E-state index in [1.807, 2.05) is 24.3 Å². The average Bonchev–Trinajstić information content (AvgIpc) is 2.25. The molecule has 0 fully saturated rings. The lowest BCUT2D eigenvalue weighted by Crippen LogP contribution is -1.91. The van der Waals surface area contributed by atoms with Crippen molar-refractivity contribution in [1.82, 2.24) is 9.97 Å². The molecule has 0 aliphatic carbocycles. The van der Waals surface area contributed by atoms with Gasteiger partial charge >= 0.3 is 0 Å². The number of hydrogen-bond donors (Lipinski definition) is 1. The van der Waals surface area contributed by atoms with Gasteiger partial charge in [0.2, 0.25) is 0 Å². The van der Waals surface area contributed by atoms with Crippen LogP contribution in [0.25, 0.3) is 0 Å². The number of hydrogen-bond acceptors (Lipinski definition) is 4. The largest absolute Gasteiger partial charge is 0.382 e. The molecule has 3 nitrogen and oxygen atoms in total. The van der Waals surface area contributed by atoms with Gasteiger partial charge in [0.1, 0.15) is 10.8 Å². The minimum Gasteiger partial charge on any atom is -0.382 e. The Bertz CT molecular complexity index is 398. The predicted octanol–water partition coefficient (Wildman–Crippen LogP) is 2.97. The van der Waals surface area contributed by atoms with E-state index in [0.29, 0.717) is 5.82 Å². The van der Waals surface area contributed by atoms with Crippen LogP contribution in [0.3, 0.4) is 0 Å². The van der Waals surface area contributed by atoms with Crippen molar-refractivity contribution in [3.05, 3.63) is 41.1 Å². The van der Waals surface area contributed by atoms with Crippen LogP contribution in [0, 0.1) is 0 Å². The number of nitrogen functional groups attached to an aromatic ring is 1. The Morgan fingerprint density at radius 1 is 1.07 bits per heavy atom. The topological polar surface area (TPSA) is 51.8 Å². The lowest BCUT2D eigenvalue weighted by atomic mass is 10.4. The van der Waals surface area contributed by atoms with Crippen molar-refractivity contribution in [1.29, 1.82) is 0 Å². The molecule has 2 rings (SSSR count). The molecular weight excluding hydrogens is 274 g/mol. The first-order chi connectivity index (χ1) is 7.24. The molecule has 0 aliphatic heterocycles. The van der Waals surface area contributed by atoms with Gasteiger partial charge in [-0.15, -0.1) is 0 Å². The smallest absolute Gasteiger partial charge is 0.141 e. The lowest BCUT2D eigenvalue weighted by Gasteiger charge is -2.00.